The summed E-state index contributed by atoms with van der Waals surface area (Å²) in [7, 11) is 0. The van der Waals surface area contributed by atoms with Gasteiger partial charge in [0.2, 0.25) is 5.91 Å². The predicted octanol–water partition coefficient (Wildman–Crippen LogP) is 3.64. The van der Waals surface area contributed by atoms with Gasteiger partial charge in [0.25, 0.3) is 5.91 Å². The van der Waals surface area contributed by atoms with Crippen LogP contribution in [0.2, 0.25) is 0 Å². The molecule has 3 aliphatic rings. The van der Waals surface area contributed by atoms with Crippen molar-refractivity contribution in [2.45, 2.75) is 83.2 Å². The summed E-state index contributed by atoms with van der Waals surface area (Å²) in [5.74, 6) is 0.578. The van der Waals surface area contributed by atoms with E-state index < -0.39 is 29.3 Å². The molecule has 196 valence electrons. The van der Waals surface area contributed by atoms with E-state index in [1.807, 2.05) is 58.9 Å². The molecule has 8 heteroatoms. The molecule has 0 aromatic heterocycles. The van der Waals surface area contributed by atoms with Crippen molar-refractivity contribution in [2.75, 3.05) is 0 Å². The number of carbonyl (C=O) groups is 2. The first kappa shape index (κ1) is 25.3. The maximum absolute atomic E-state index is 13.5. The van der Waals surface area contributed by atoms with Crippen molar-refractivity contribution < 1.29 is 19.4 Å². The molecule has 0 saturated heterocycles. The molecule has 5 rings (SSSR count). The number of nitrogens with one attached hydrogen (secondary N) is 1. The highest BCUT2D eigenvalue weighted by atomic mass is 16.5. The fraction of sp³-hybridized carbons (Fsp3) is 0.483. The monoisotopic (exact) mass is 504 g/mol. The van der Waals surface area contributed by atoms with Crippen LogP contribution in [0.25, 0.3) is 0 Å². The number of hydrogen-bond acceptors (Lipinski definition) is 6. The zero-order valence-corrected chi connectivity index (χ0v) is 22.1. The van der Waals surface area contributed by atoms with E-state index in [2.05, 4.69) is 5.32 Å². The van der Waals surface area contributed by atoms with Gasteiger partial charge in [0.15, 0.2) is 5.96 Å². The number of benzene rings is 2. The third-order valence-corrected chi connectivity index (χ3v) is 8.14. The third-order valence-electron chi connectivity index (χ3n) is 8.14. The van der Waals surface area contributed by atoms with Crippen LogP contribution in [0.5, 0.6) is 5.75 Å². The van der Waals surface area contributed by atoms with Gasteiger partial charge in [-0.05, 0) is 56.0 Å². The van der Waals surface area contributed by atoms with Gasteiger partial charge >= 0.3 is 0 Å². The molecule has 1 aliphatic carbocycles. The number of fused-ring (bicyclic) bond motifs is 2. The molecule has 37 heavy (non-hydrogen) atoms. The molecule has 0 bridgehead atoms. The largest absolute Gasteiger partial charge is 0.487 e. The quantitative estimate of drug-likeness (QED) is 0.588. The molecule has 0 saturated carbocycles. The molecule has 0 fully saturated rings. The Kier molecular flexibility index (Phi) is 6.06. The van der Waals surface area contributed by atoms with Gasteiger partial charge in [0.1, 0.15) is 11.4 Å². The molecule has 2 heterocycles. The average Bonchev–Trinajstić information content (AvgIpc) is 3.12. The minimum Gasteiger partial charge on any atom is -0.487 e. The topological polar surface area (TPSA) is 117 Å². The Bertz CT molecular complexity index is 1290. The molecule has 8 nitrogen and oxygen atoms in total. The SMILES string of the molecule is CC(C)[C@]1(C)CC(=O)N([C@@H]2CC(C)(C)Oc3ccc(C(=O)N[C@@H]4c5ccccc5C[C@H]4O)cc32)C(N)=N1. The number of carbonyl (C=O) groups excluding carboxylic acids is 2. The summed E-state index contributed by atoms with van der Waals surface area (Å²) in [5, 5.41) is 13.6. The molecular weight excluding hydrogens is 468 g/mol. The number of aliphatic hydroxyl groups excluding tert-OH is 1. The minimum absolute atomic E-state index is 0.0853. The van der Waals surface area contributed by atoms with Gasteiger partial charge in [-0.1, -0.05) is 38.1 Å². The molecule has 2 aromatic carbocycles. The number of aliphatic imine (C=N–C) groups is 1. The number of rotatable bonds is 4. The Labute approximate surface area is 217 Å². The van der Waals surface area contributed by atoms with Crippen LogP contribution in [0.1, 0.15) is 86.6 Å². The molecule has 2 amide bonds. The van der Waals surface area contributed by atoms with Crippen LogP contribution in [0.3, 0.4) is 0 Å². The lowest BCUT2D eigenvalue weighted by molar-refractivity contribution is -0.133. The first-order valence-corrected chi connectivity index (χ1v) is 13.0. The van der Waals surface area contributed by atoms with Crippen LogP contribution in [0.4, 0.5) is 0 Å². The number of amides is 2. The van der Waals surface area contributed by atoms with Crippen LogP contribution in [0, 0.1) is 5.92 Å². The smallest absolute Gasteiger partial charge is 0.251 e. The van der Waals surface area contributed by atoms with E-state index in [-0.39, 0.29) is 30.1 Å². The second-order valence-corrected chi connectivity index (χ2v) is 11.7. The van der Waals surface area contributed by atoms with Crippen LogP contribution >= 0.6 is 0 Å². The second-order valence-electron chi connectivity index (χ2n) is 11.7. The normalized spacial score (nSPS) is 28.3. The summed E-state index contributed by atoms with van der Waals surface area (Å²) in [5.41, 5.74) is 8.45. The number of nitrogens with two attached hydrogens (primary N) is 1. The summed E-state index contributed by atoms with van der Waals surface area (Å²) in [6, 6.07) is 12.1. The fourth-order valence-corrected chi connectivity index (χ4v) is 5.70. The molecule has 2 aromatic rings. The highest BCUT2D eigenvalue weighted by Gasteiger charge is 2.45. The molecule has 2 aliphatic heterocycles. The van der Waals surface area contributed by atoms with Crippen LogP contribution in [-0.4, -0.2) is 45.0 Å². The van der Waals surface area contributed by atoms with Crippen molar-refractivity contribution in [2.24, 2.45) is 16.6 Å². The summed E-state index contributed by atoms with van der Waals surface area (Å²) in [6.07, 6.45) is 0.576. The first-order chi connectivity index (χ1) is 17.4. The van der Waals surface area contributed by atoms with E-state index >= 15 is 0 Å². The summed E-state index contributed by atoms with van der Waals surface area (Å²) in [6.45, 7) is 9.99. The zero-order chi connectivity index (χ0) is 26.7. The van der Waals surface area contributed by atoms with E-state index in [0.29, 0.717) is 24.2 Å². The fourth-order valence-electron chi connectivity index (χ4n) is 5.70. The Balaban J connectivity index is 1.48. The van der Waals surface area contributed by atoms with Crippen molar-refractivity contribution >= 4 is 17.8 Å². The zero-order valence-electron chi connectivity index (χ0n) is 22.1. The molecular formula is C29H36N4O4. The number of hydrogen-bond donors (Lipinski definition) is 3. The lowest BCUT2D eigenvalue weighted by atomic mass is 9.82. The van der Waals surface area contributed by atoms with Crippen LogP contribution in [-0.2, 0) is 11.2 Å². The lowest BCUT2D eigenvalue weighted by Crippen LogP contribution is -2.55. The standard InChI is InChI=1S/C29H36N4O4/c1-16(2)29(5)15-24(35)33(27(30)32-29)21-14-28(3,4)37-23-11-10-18(12-20(21)23)26(36)31-25-19-9-7-6-8-17(19)13-22(25)34/h6-12,16,21-22,25,34H,13-15H2,1-5H3,(H2,30,32)(H,31,36)/t21-,22-,25-,29+/m1/s1. The third kappa shape index (κ3) is 4.48. The Morgan fingerprint density at radius 3 is 2.62 bits per heavy atom. The second kappa shape index (κ2) is 8.87. The molecule has 4 N–H and O–H groups in total. The number of guanidine groups is 1. The summed E-state index contributed by atoms with van der Waals surface area (Å²) < 4.78 is 6.23. The van der Waals surface area contributed by atoms with Crippen molar-refractivity contribution in [1.29, 1.82) is 0 Å². The van der Waals surface area contributed by atoms with E-state index in [4.69, 9.17) is 15.5 Å². The van der Waals surface area contributed by atoms with Gasteiger partial charge < -0.3 is 20.9 Å². The Morgan fingerprint density at radius 1 is 1.19 bits per heavy atom. The lowest BCUT2D eigenvalue weighted by Gasteiger charge is -2.45. The number of nitrogens with zero attached hydrogens (tertiary/aromatic N) is 2. The van der Waals surface area contributed by atoms with E-state index in [1.54, 1.807) is 23.1 Å². The molecule has 4 atom stereocenters. The summed E-state index contributed by atoms with van der Waals surface area (Å²) in [4.78, 5) is 33.1. The van der Waals surface area contributed by atoms with E-state index in [9.17, 15) is 14.7 Å². The van der Waals surface area contributed by atoms with Gasteiger partial charge in [-0.2, -0.15) is 0 Å². The first-order valence-electron chi connectivity index (χ1n) is 13.0. The maximum atomic E-state index is 13.5. The molecule has 0 spiro atoms. The van der Waals surface area contributed by atoms with Crippen LogP contribution in [0.15, 0.2) is 47.5 Å². The number of ether oxygens (including phenoxy) is 1. The van der Waals surface area contributed by atoms with Gasteiger partial charge in [-0.25, -0.2) is 4.99 Å². The Hall–Kier alpha value is -3.39. The Morgan fingerprint density at radius 2 is 1.92 bits per heavy atom. The van der Waals surface area contributed by atoms with E-state index in [0.717, 1.165) is 16.7 Å². The van der Waals surface area contributed by atoms with Crippen molar-refractivity contribution in [1.82, 2.24) is 10.2 Å². The summed E-state index contributed by atoms with van der Waals surface area (Å²) >= 11 is 0. The van der Waals surface area contributed by atoms with Gasteiger partial charge in [-0.15, -0.1) is 0 Å². The highest BCUT2D eigenvalue weighted by molar-refractivity contribution is 6.00. The molecule has 0 unspecified atom stereocenters. The van der Waals surface area contributed by atoms with Crippen molar-refractivity contribution in [3.8, 4) is 5.75 Å². The van der Waals surface area contributed by atoms with E-state index in [1.165, 1.54) is 0 Å². The number of aliphatic hydroxyl groups is 1. The van der Waals surface area contributed by atoms with Gasteiger partial charge in [-0.3, -0.25) is 14.5 Å². The minimum atomic E-state index is -0.687. The van der Waals surface area contributed by atoms with Crippen LogP contribution < -0.4 is 15.8 Å². The van der Waals surface area contributed by atoms with Gasteiger partial charge in [0, 0.05) is 24.0 Å². The predicted molar refractivity (Wildman–Crippen MR) is 141 cm³/mol. The van der Waals surface area contributed by atoms with Crippen molar-refractivity contribution in [3.63, 3.8) is 0 Å². The average molecular weight is 505 g/mol. The maximum Gasteiger partial charge on any atom is 0.251 e. The van der Waals surface area contributed by atoms with Gasteiger partial charge in [0.05, 0.1) is 30.1 Å². The molecule has 0 radical (unpaired) electrons. The van der Waals surface area contributed by atoms with Crippen molar-refractivity contribution in [3.05, 3.63) is 64.7 Å². The highest BCUT2D eigenvalue weighted by Crippen LogP contribution is 2.45.